The normalized spacial score (nSPS) is 17.5. The molecule has 2 saturated heterocycles. The van der Waals surface area contributed by atoms with Gasteiger partial charge < -0.3 is 19.1 Å². The van der Waals surface area contributed by atoms with Crippen molar-refractivity contribution in [2.24, 2.45) is 0 Å². The fraction of sp³-hybridized carbons (Fsp3) is 0.444. The van der Waals surface area contributed by atoms with Crippen LogP contribution in [0.2, 0.25) is 0 Å². The molecule has 2 aromatic rings. The third-order valence-corrected chi connectivity index (χ3v) is 6.43. The zero-order valence-corrected chi connectivity index (χ0v) is 19.7. The molecule has 6 nitrogen and oxygen atoms in total. The number of hydrogen-bond donors (Lipinski definition) is 0. The Labute approximate surface area is 196 Å². The molecule has 0 bridgehead atoms. The molecule has 0 N–H and O–H groups in total. The number of hydrogen-bond acceptors (Lipinski definition) is 5. The second-order valence-electron chi connectivity index (χ2n) is 8.65. The largest absolute Gasteiger partial charge is 0.497 e. The molecular weight excluding hydrogens is 416 g/mol. The quantitative estimate of drug-likeness (QED) is 0.593. The van der Waals surface area contributed by atoms with Gasteiger partial charge in [-0.3, -0.25) is 9.69 Å². The van der Waals surface area contributed by atoms with Crippen molar-refractivity contribution in [3.8, 4) is 17.2 Å². The van der Waals surface area contributed by atoms with E-state index in [0.29, 0.717) is 17.1 Å². The van der Waals surface area contributed by atoms with Gasteiger partial charge in [-0.05, 0) is 55.5 Å². The minimum Gasteiger partial charge on any atom is -0.497 e. The predicted molar refractivity (Wildman–Crippen MR) is 130 cm³/mol. The Morgan fingerprint density at radius 2 is 1.61 bits per heavy atom. The van der Waals surface area contributed by atoms with Gasteiger partial charge in [-0.2, -0.15) is 0 Å². The Morgan fingerprint density at radius 1 is 0.939 bits per heavy atom. The van der Waals surface area contributed by atoms with Crippen LogP contribution < -0.4 is 14.2 Å². The van der Waals surface area contributed by atoms with Crippen LogP contribution in [0.3, 0.4) is 0 Å². The first-order chi connectivity index (χ1) is 16.2. The predicted octanol–water partition coefficient (Wildman–Crippen LogP) is 4.50. The maximum Gasteiger partial charge on any atom is 0.257 e. The third-order valence-electron chi connectivity index (χ3n) is 6.43. The van der Waals surface area contributed by atoms with Gasteiger partial charge in [0.05, 0.1) is 19.8 Å². The van der Waals surface area contributed by atoms with Crippen LogP contribution in [0.5, 0.6) is 17.2 Å². The summed E-state index contributed by atoms with van der Waals surface area (Å²) in [6.07, 6.45) is 8.47. The molecule has 4 rings (SSSR count). The van der Waals surface area contributed by atoms with Crippen LogP contribution in [0, 0.1) is 0 Å². The van der Waals surface area contributed by atoms with E-state index in [9.17, 15) is 4.79 Å². The first kappa shape index (κ1) is 23.2. The average molecular weight is 451 g/mol. The summed E-state index contributed by atoms with van der Waals surface area (Å²) in [5.41, 5.74) is 1.81. The van der Waals surface area contributed by atoms with Crippen molar-refractivity contribution in [2.75, 3.05) is 46.9 Å². The molecule has 33 heavy (non-hydrogen) atoms. The maximum atomic E-state index is 13.0. The number of nitrogens with zero attached hydrogens (tertiary/aromatic N) is 2. The van der Waals surface area contributed by atoms with Crippen LogP contribution in [0.25, 0.3) is 6.08 Å². The summed E-state index contributed by atoms with van der Waals surface area (Å²) in [6.45, 7) is 4.50. The lowest BCUT2D eigenvalue weighted by Gasteiger charge is -2.32. The number of carbonyl (C=O) groups excluding carboxylic acids is 1. The van der Waals surface area contributed by atoms with Crippen LogP contribution >= 0.6 is 0 Å². The van der Waals surface area contributed by atoms with Crippen LogP contribution in [0.4, 0.5) is 0 Å². The van der Waals surface area contributed by atoms with Crippen molar-refractivity contribution >= 4 is 12.0 Å². The van der Waals surface area contributed by atoms with Gasteiger partial charge in [0.15, 0.2) is 0 Å². The summed E-state index contributed by atoms with van der Waals surface area (Å²) in [6, 6.07) is 13.6. The van der Waals surface area contributed by atoms with E-state index in [0.717, 1.165) is 64.2 Å². The fourth-order valence-electron chi connectivity index (χ4n) is 4.44. The number of amides is 1. The number of piperidine rings is 1. The Morgan fingerprint density at radius 3 is 2.27 bits per heavy atom. The van der Waals surface area contributed by atoms with Gasteiger partial charge in [0.25, 0.3) is 5.91 Å². The van der Waals surface area contributed by atoms with E-state index < -0.39 is 0 Å². The molecule has 1 amide bonds. The minimum absolute atomic E-state index is 0.0614. The van der Waals surface area contributed by atoms with Crippen molar-refractivity contribution in [3.05, 3.63) is 59.7 Å². The van der Waals surface area contributed by atoms with E-state index >= 15 is 0 Å². The Hall–Kier alpha value is -2.99. The Bertz CT molecular complexity index is 943. The lowest BCUT2D eigenvalue weighted by atomic mass is 10.1. The zero-order valence-electron chi connectivity index (χ0n) is 19.7. The molecule has 0 unspecified atom stereocenters. The molecule has 176 valence electrons. The standard InChI is InChI=1S/C27H34N2O4/c1-31-22-9-7-21(8-10-22)6-5-15-28-18-13-23(14-19-28)33-26-20-24(32-2)11-12-25(26)27(30)29-16-3-4-17-29/h5-12,20,23H,3-4,13-19H2,1-2H3/b6-5+. The Kier molecular flexibility index (Phi) is 7.89. The second kappa shape index (κ2) is 11.2. The number of methoxy groups -OCH3 is 2. The van der Waals surface area contributed by atoms with Gasteiger partial charge in [-0.25, -0.2) is 0 Å². The molecule has 2 aliphatic heterocycles. The second-order valence-corrected chi connectivity index (χ2v) is 8.65. The lowest BCUT2D eigenvalue weighted by molar-refractivity contribution is 0.0771. The fourth-order valence-corrected chi connectivity index (χ4v) is 4.44. The highest BCUT2D eigenvalue weighted by molar-refractivity contribution is 5.97. The number of ether oxygens (including phenoxy) is 3. The van der Waals surface area contributed by atoms with Crippen molar-refractivity contribution < 1.29 is 19.0 Å². The SMILES string of the molecule is COc1ccc(/C=C/CN2CCC(Oc3cc(OC)ccc3C(=O)N3CCCC3)CC2)cc1. The van der Waals surface area contributed by atoms with Gasteiger partial charge >= 0.3 is 0 Å². The third kappa shape index (κ3) is 6.08. The van der Waals surface area contributed by atoms with Gasteiger partial charge in [0.2, 0.25) is 0 Å². The lowest BCUT2D eigenvalue weighted by Crippen LogP contribution is -2.38. The summed E-state index contributed by atoms with van der Waals surface area (Å²) in [7, 11) is 3.32. The molecule has 6 heteroatoms. The number of benzene rings is 2. The van der Waals surface area contributed by atoms with Crippen LogP contribution in [-0.2, 0) is 0 Å². The maximum absolute atomic E-state index is 13.0. The van der Waals surface area contributed by atoms with Crippen molar-refractivity contribution in [2.45, 2.75) is 31.8 Å². The number of likely N-dealkylation sites (tertiary alicyclic amines) is 2. The highest BCUT2D eigenvalue weighted by atomic mass is 16.5. The minimum atomic E-state index is 0.0614. The Balaban J connectivity index is 1.31. The highest BCUT2D eigenvalue weighted by Crippen LogP contribution is 2.30. The monoisotopic (exact) mass is 450 g/mol. The molecule has 2 heterocycles. The van der Waals surface area contributed by atoms with Gasteiger partial charge in [-0.15, -0.1) is 0 Å². The van der Waals surface area contributed by atoms with Crippen LogP contribution in [0.1, 0.15) is 41.6 Å². The first-order valence-electron chi connectivity index (χ1n) is 11.8. The smallest absolute Gasteiger partial charge is 0.257 e. The summed E-state index contributed by atoms with van der Waals surface area (Å²) in [4.78, 5) is 17.4. The molecule has 2 aromatic carbocycles. The van der Waals surface area contributed by atoms with E-state index in [4.69, 9.17) is 14.2 Å². The van der Waals surface area contributed by atoms with Gasteiger partial charge in [0, 0.05) is 38.8 Å². The van der Waals surface area contributed by atoms with E-state index in [2.05, 4.69) is 29.2 Å². The van der Waals surface area contributed by atoms with Gasteiger partial charge in [-0.1, -0.05) is 24.3 Å². The van der Waals surface area contributed by atoms with E-state index in [1.165, 1.54) is 5.56 Å². The van der Waals surface area contributed by atoms with Crippen molar-refractivity contribution in [3.63, 3.8) is 0 Å². The van der Waals surface area contributed by atoms with Crippen LogP contribution in [-0.4, -0.2) is 68.8 Å². The topological polar surface area (TPSA) is 51.2 Å². The average Bonchev–Trinajstić information content (AvgIpc) is 3.40. The van der Waals surface area contributed by atoms with E-state index in [-0.39, 0.29) is 12.0 Å². The van der Waals surface area contributed by atoms with Crippen molar-refractivity contribution in [1.82, 2.24) is 9.80 Å². The summed E-state index contributed by atoms with van der Waals surface area (Å²) in [5, 5.41) is 0. The molecule has 2 fully saturated rings. The zero-order chi connectivity index (χ0) is 23.0. The summed E-state index contributed by atoms with van der Waals surface area (Å²) < 4.78 is 17.0. The molecule has 0 spiro atoms. The molecular formula is C27H34N2O4. The summed E-state index contributed by atoms with van der Waals surface area (Å²) in [5.74, 6) is 2.29. The summed E-state index contributed by atoms with van der Waals surface area (Å²) >= 11 is 0. The molecule has 0 saturated carbocycles. The highest BCUT2D eigenvalue weighted by Gasteiger charge is 2.26. The van der Waals surface area contributed by atoms with Crippen LogP contribution in [0.15, 0.2) is 48.5 Å². The molecule has 0 aliphatic carbocycles. The molecule has 2 aliphatic rings. The molecule has 0 aromatic heterocycles. The van der Waals surface area contributed by atoms with Gasteiger partial charge in [0.1, 0.15) is 23.4 Å². The first-order valence-corrected chi connectivity index (χ1v) is 11.8. The van der Waals surface area contributed by atoms with E-state index in [1.807, 2.05) is 35.2 Å². The molecule has 0 atom stereocenters. The molecule has 0 radical (unpaired) electrons. The number of carbonyl (C=O) groups is 1. The van der Waals surface area contributed by atoms with Crippen molar-refractivity contribution in [1.29, 1.82) is 0 Å². The van der Waals surface area contributed by atoms with E-state index in [1.54, 1.807) is 14.2 Å². The number of rotatable bonds is 8.